The second-order valence-electron chi connectivity index (χ2n) is 4.65. The molecule has 0 radical (unpaired) electrons. The van der Waals surface area contributed by atoms with Crippen molar-refractivity contribution in [1.82, 2.24) is 4.98 Å². The molecule has 20 heavy (non-hydrogen) atoms. The minimum Gasteiger partial charge on any atom is -0.544 e. The van der Waals surface area contributed by atoms with E-state index in [1.807, 2.05) is 0 Å². The van der Waals surface area contributed by atoms with Crippen molar-refractivity contribution in [2.24, 2.45) is 0 Å². The maximum atomic E-state index is 11.8. The maximum Gasteiger partial charge on any atom is 0.230 e. The smallest absolute Gasteiger partial charge is 0.230 e. The number of carboxylic acids is 1. The molecule has 6 nitrogen and oxygen atoms in total. The monoisotopic (exact) mass is 279 g/mol. The molecule has 0 aliphatic heterocycles. The Morgan fingerprint density at radius 2 is 2.25 bits per heavy atom. The van der Waals surface area contributed by atoms with Crippen LogP contribution in [0.25, 0.3) is 0 Å². The number of hydrogen-bond donors (Lipinski definition) is 2. The summed E-state index contributed by atoms with van der Waals surface area (Å²) in [5.74, 6) is -1.55. The molecule has 0 fully saturated rings. The van der Waals surface area contributed by atoms with Crippen LogP contribution in [0.2, 0.25) is 0 Å². The Kier molecular flexibility index (Phi) is 7.27. The Morgan fingerprint density at radius 3 is 2.85 bits per heavy atom. The molecule has 110 valence electrons. The summed E-state index contributed by atoms with van der Waals surface area (Å²) >= 11 is 0. The lowest BCUT2D eigenvalue weighted by Gasteiger charge is -2.16. The lowest BCUT2D eigenvalue weighted by Crippen LogP contribution is -2.93. The Morgan fingerprint density at radius 1 is 1.45 bits per heavy atom. The highest BCUT2D eigenvalue weighted by Gasteiger charge is 2.17. The molecule has 0 saturated carbocycles. The fourth-order valence-corrected chi connectivity index (χ4v) is 1.82. The van der Waals surface area contributed by atoms with Gasteiger partial charge in [-0.3, -0.25) is 9.78 Å². The molecule has 1 aromatic heterocycles. The highest BCUT2D eigenvalue weighted by Crippen LogP contribution is 2.03. The first-order chi connectivity index (χ1) is 9.63. The number of nitrogens with zero attached hydrogens (tertiary/aromatic N) is 1. The molecule has 3 N–H and O–H groups in total. The van der Waals surface area contributed by atoms with E-state index in [0.717, 1.165) is 19.3 Å². The Balaban J connectivity index is 2.40. The van der Waals surface area contributed by atoms with Crippen LogP contribution in [0.1, 0.15) is 32.6 Å². The first-order valence-corrected chi connectivity index (χ1v) is 6.87. The Bertz CT molecular complexity index is 423. The number of aliphatic carboxylic acids is 1. The molecular weight excluding hydrogens is 258 g/mol. The van der Waals surface area contributed by atoms with Crippen LogP contribution in [0.5, 0.6) is 0 Å². The van der Waals surface area contributed by atoms with Crippen molar-refractivity contribution in [3.63, 3.8) is 0 Å². The van der Waals surface area contributed by atoms with E-state index in [-0.39, 0.29) is 12.3 Å². The van der Waals surface area contributed by atoms with Crippen molar-refractivity contribution in [2.75, 3.05) is 11.9 Å². The van der Waals surface area contributed by atoms with E-state index in [0.29, 0.717) is 12.2 Å². The number of nitrogens with two attached hydrogens (primary N) is 1. The summed E-state index contributed by atoms with van der Waals surface area (Å²) in [4.78, 5) is 26.7. The van der Waals surface area contributed by atoms with Gasteiger partial charge in [0, 0.05) is 6.20 Å². The van der Waals surface area contributed by atoms with Gasteiger partial charge in [-0.1, -0.05) is 13.3 Å². The molecule has 1 heterocycles. The van der Waals surface area contributed by atoms with Crippen LogP contribution >= 0.6 is 0 Å². The molecular formula is C14H21N3O3. The van der Waals surface area contributed by atoms with E-state index in [4.69, 9.17) is 0 Å². The Hall–Kier alpha value is -1.95. The number of carboxylic acid groups (broad SMARTS) is 1. The highest BCUT2D eigenvalue weighted by molar-refractivity contribution is 5.93. The summed E-state index contributed by atoms with van der Waals surface area (Å²) in [6, 6.07) is 2.55. The van der Waals surface area contributed by atoms with E-state index in [9.17, 15) is 14.7 Å². The quantitative estimate of drug-likeness (QED) is 0.583. The van der Waals surface area contributed by atoms with Crippen molar-refractivity contribution in [3.8, 4) is 0 Å². The van der Waals surface area contributed by atoms with Crippen LogP contribution in [-0.4, -0.2) is 29.4 Å². The largest absolute Gasteiger partial charge is 0.544 e. The molecule has 0 bridgehead atoms. The molecule has 0 aromatic carbocycles. The number of pyridine rings is 1. The normalized spacial score (nSPS) is 11.8. The predicted molar refractivity (Wildman–Crippen MR) is 72.6 cm³/mol. The first-order valence-electron chi connectivity index (χ1n) is 6.87. The lowest BCUT2D eigenvalue weighted by atomic mass is 10.1. The summed E-state index contributed by atoms with van der Waals surface area (Å²) in [5, 5.41) is 15.3. The maximum absolute atomic E-state index is 11.8. The van der Waals surface area contributed by atoms with Crippen LogP contribution < -0.4 is 15.7 Å². The molecule has 0 aliphatic rings. The van der Waals surface area contributed by atoms with Gasteiger partial charge < -0.3 is 20.5 Å². The zero-order valence-corrected chi connectivity index (χ0v) is 11.7. The van der Waals surface area contributed by atoms with Crippen molar-refractivity contribution < 1.29 is 20.0 Å². The number of nitrogens with one attached hydrogen (secondary N) is 1. The molecule has 0 spiro atoms. The highest BCUT2D eigenvalue weighted by atomic mass is 16.4. The second kappa shape index (κ2) is 9.03. The van der Waals surface area contributed by atoms with Crippen LogP contribution in [0.15, 0.2) is 24.5 Å². The summed E-state index contributed by atoms with van der Waals surface area (Å²) in [5.41, 5.74) is 0.556. The van der Waals surface area contributed by atoms with Crippen molar-refractivity contribution >= 4 is 17.6 Å². The van der Waals surface area contributed by atoms with Gasteiger partial charge in [-0.05, 0) is 25.0 Å². The standard InChI is InChI=1S/C14H21N3O3/c1-2-3-4-8-16-12(14(19)20)9-13(18)17-11-6-5-7-15-10-11/h5-7,10,12,16H,2-4,8-9H2,1H3,(H,17,18)(H,19,20)/t12-/m0/s1. The van der Waals surface area contributed by atoms with Gasteiger partial charge in [0.05, 0.1) is 30.8 Å². The molecule has 0 unspecified atom stereocenters. The number of carbonyl (C=O) groups excluding carboxylic acids is 2. The average molecular weight is 279 g/mol. The van der Waals surface area contributed by atoms with Gasteiger partial charge in [0.15, 0.2) is 0 Å². The SMILES string of the molecule is CCCCC[NH2+][C@@H](CC(=O)Nc1cccnc1)C(=O)[O-]. The first kappa shape index (κ1) is 16.1. The van der Waals surface area contributed by atoms with Gasteiger partial charge in [-0.2, -0.15) is 0 Å². The van der Waals surface area contributed by atoms with Gasteiger partial charge >= 0.3 is 0 Å². The molecule has 0 aliphatic carbocycles. The van der Waals surface area contributed by atoms with Gasteiger partial charge in [-0.15, -0.1) is 0 Å². The Labute approximate surface area is 118 Å². The summed E-state index contributed by atoms with van der Waals surface area (Å²) in [6.07, 6.45) is 6.06. The van der Waals surface area contributed by atoms with Gasteiger partial charge in [0.1, 0.15) is 6.04 Å². The lowest BCUT2D eigenvalue weighted by molar-refractivity contribution is -0.682. The third-order valence-electron chi connectivity index (χ3n) is 2.91. The molecule has 1 amide bonds. The molecule has 1 rings (SSSR count). The van der Waals surface area contributed by atoms with Crippen molar-refractivity contribution in [3.05, 3.63) is 24.5 Å². The van der Waals surface area contributed by atoms with Crippen molar-refractivity contribution in [1.29, 1.82) is 0 Å². The number of carbonyl (C=O) groups is 2. The van der Waals surface area contributed by atoms with Gasteiger partial charge in [0.2, 0.25) is 5.91 Å². The fourth-order valence-electron chi connectivity index (χ4n) is 1.82. The summed E-state index contributed by atoms with van der Waals surface area (Å²) < 4.78 is 0. The number of rotatable bonds is 9. The van der Waals surface area contributed by atoms with E-state index in [1.165, 1.54) is 6.20 Å². The second-order valence-corrected chi connectivity index (χ2v) is 4.65. The third kappa shape index (κ3) is 6.29. The van der Waals surface area contributed by atoms with E-state index in [2.05, 4.69) is 17.2 Å². The molecule has 1 atom stereocenters. The minimum absolute atomic E-state index is 0.108. The van der Waals surface area contributed by atoms with Crippen LogP contribution in [0.4, 0.5) is 5.69 Å². The third-order valence-corrected chi connectivity index (χ3v) is 2.91. The van der Waals surface area contributed by atoms with Crippen molar-refractivity contribution in [2.45, 2.75) is 38.6 Å². The summed E-state index contributed by atoms with van der Waals surface area (Å²) in [6.45, 7) is 2.77. The van der Waals surface area contributed by atoms with Gasteiger partial charge in [0.25, 0.3) is 0 Å². The number of hydrogen-bond acceptors (Lipinski definition) is 4. The number of quaternary nitrogens is 1. The summed E-state index contributed by atoms with van der Waals surface area (Å²) in [7, 11) is 0. The number of unbranched alkanes of at least 4 members (excludes halogenated alkanes) is 2. The molecule has 6 heteroatoms. The van der Waals surface area contributed by atoms with Crippen LogP contribution in [0.3, 0.4) is 0 Å². The topological polar surface area (TPSA) is 98.7 Å². The number of amides is 1. The van der Waals surface area contributed by atoms with E-state index in [1.54, 1.807) is 23.6 Å². The molecule has 0 saturated heterocycles. The van der Waals surface area contributed by atoms with E-state index < -0.39 is 12.0 Å². The fraction of sp³-hybridized carbons (Fsp3) is 0.500. The molecule has 1 aromatic rings. The number of anilines is 1. The predicted octanol–water partition coefficient (Wildman–Crippen LogP) is -0.718. The zero-order valence-electron chi connectivity index (χ0n) is 11.7. The van der Waals surface area contributed by atoms with E-state index >= 15 is 0 Å². The van der Waals surface area contributed by atoms with Gasteiger partial charge in [-0.25, -0.2) is 0 Å². The minimum atomic E-state index is -1.21. The van der Waals surface area contributed by atoms with Crippen LogP contribution in [0, 0.1) is 0 Å². The zero-order chi connectivity index (χ0) is 14.8. The average Bonchev–Trinajstić information content (AvgIpc) is 2.43. The van der Waals surface area contributed by atoms with Crippen LogP contribution in [-0.2, 0) is 9.59 Å². The number of aromatic nitrogens is 1.